The number of hydrogen-bond donors (Lipinski definition) is 2. The second-order valence-electron chi connectivity index (χ2n) is 3.78. The van der Waals surface area contributed by atoms with Gasteiger partial charge >= 0.3 is 0 Å². The SMILES string of the molecule is c1ccc2c(c1)NCC21CNC1. The molecule has 3 rings (SSSR count). The first-order chi connectivity index (χ1) is 5.91. The molecule has 0 saturated carbocycles. The van der Waals surface area contributed by atoms with E-state index in [0.717, 1.165) is 19.6 Å². The predicted molar refractivity (Wildman–Crippen MR) is 49.5 cm³/mol. The van der Waals surface area contributed by atoms with Gasteiger partial charge in [0.25, 0.3) is 0 Å². The van der Waals surface area contributed by atoms with Gasteiger partial charge in [-0.25, -0.2) is 0 Å². The van der Waals surface area contributed by atoms with E-state index in [9.17, 15) is 0 Å². The van der Waals surface area contributed by atoms with Crippen LogP contribution in [0.25, 0.3) is 0 Å². The van der Waals surface area contributed by atoms with E-state index >= 15 is 0 Å². The standard InChI is InChI=1S/C10H12N2/c1-2-4-9-8(3-1)10(7-12-9)5-11-6-10/h1-4,11-12H,5-7H2. The molecule has 1 aromatic carbocycles. The van der Waals surface area contributed by atoms with Gasteiger partial charge in [-0.2, -0.15) is 0 Å². The summed E-state index contributed by atoms with van der Waals surface area (Å²) in [6.45, 7) is 3.38. The lowest BCUT2D eigenvalue weighted by atomic mass is 9.77. The zero-order valence-electron chi connectivity index (χ0n) is 6.93. The van der Waals surface area contributed by atoms with E-state index in [1.807, 2.05) is 0 Å². The van der Waals surface area contributed by atoms with Crippen LogP contribution in [0.2, 0.25) is 0 Å². The molecule has 1 fully saturated rings. The summed E-state index contributed by atoms with van der Waals surface area (Å²) in [4.78, 5) is 0. The van der Waals surface area contributed by atoms with Crippen LogP contribution in [0.15, 0.2) is 24.3 Å². The van der Waals surface area contributed by atoms with Crippen LogP contribution in [0.5, 0.6) is 0 Å². The maximum Gasteiger partial charge on any atom is 0.0395 e. The van der Waals surface area contributed by atoms with Gasteiger partial charge in [-0.15, -0.1) is 0 Å². The van der Waals surface area contributed by atoms with Crippen LogP contribution in [-0.4, -0.2) is 19.6 Å². The average Bonchev–Trinajstić information content (AvgIpc) is 2.42. The normalized spacial score (nSPS) is 23.0. The van der Waals surface area contributed by atoms with Crippen molar-refractivity contribution >= 4 is 5.69 Å². The quantitative estimate of drug-likeness (QED) is 0.590. The summed E-state index contributed by atoms with van der Waals surface area (Å²) in [5.41, 5.74) is 3.26. The number of fused-ring (bicyclic) bond motifs is 2. The molecule has 62 valence electrons. The molecule has 1 spiro atoms. The molecular weight excluding hydrogens is 148 g/mol. The summed E-state index contributed by atoms with van der Waals surface area (Å²) in [6, 6.07) is 8.64. The van der Waals surface area contributed by atoms with Gasteiger partial charge in [0.05, 0.1) is 0 Å². The molecule has 1 saturated heterocycles. The monoisotopic (exact) mass is 160 g/mol. The molecule has 2 N–H and O–H groups in total. The molecule has 12 heavy (non-hydrogen) atoms. The van der Waals surface area contributed by atoms with Crippen molar-refractivity contribution in [3.8, 4) is 0 Å². The van der Waals surface area contributed by atoms with Gasteiger partial charge in [-0.1, -0.05) is 18.2 Å². The summed E-state index contributed by atoms with van der Waals surface area (Å²) in [6.07, 6.45) is 0. The number of para-hydroxylation sites is 1. The summed E-state index contributed by atoms with van der Waals surface area (Å²) < 4.78 is 0. The Kier molecular flexibility index (Phi) is 1.09. The third kappa shape index (κ3) is 0.636. The van der Waals surface area contributed by atoms with Crippen molar-refractivity contribution in [1.82, 2.24) is 5.32 Å². The fraction of sp³-hybridized carbons (Fsp3) is 0.400. The minimum Gasteiger partial charge on any atom is -0.384 e. The van der Waals surface area contributed by atoms with Crippen molar-refractivity contribution in [1.29, 1.82) is 0 Å². The molecule has 0 amide bonds. The van der Waals surface area contributed by atoms with Crippen molar-refractivity contribution in [3.63, 3.8) is 0 Å². The van der Waals surface area contributed by atoms with Crippen molar-refractivity contribution in [2.24, 2.45) is 0 Å². The van der Waals surface area contributed by atoms with E-state index in [4.69, 9.17) is 0 Å². The van der Waals surface area contributed by atoms with Gasteiger partial charge in [0.2, 0.25) is 0 Å². The molecule has 1 aromatic rings. The Hall–Kier alpha value is -1.02. The fourth-order valence-corrected chi connectivity index (χ4v) is 2.20. The fourth-order valence-electron chi connectivity index (χ4n) is 2.20. The van der Waals surface area contributed by atoms with Crippen molar-refractivity contribution < 1.29 is 0 Å². The second kappa shape index (κ2) is 2.02. The van der Waals surface area contributed by atoms with E-state index in [2.05, 4.69) is 34.9 Å². The second-order valence-corrected chi connectivity index (χ2v) is 3.78. The van der Waals surface area contributed by atoms with E-state index < -0.39 is 0 Å². The summed E-state index contributed by atoms with van der Waals surface area (Å²) in [5, 5.41) is 6.80. The first kappa shape index (κ1) is 6.49. The highest BCUT2D eigenvalue weighted by molar-refractivity contribution is 5.61. The molecule has 0 radical (unpaired) electrons. The van der Waals surface area contributed by atoms with Gasteiger partial charge in [-0.3, -0.25) is 0 Å². The van der Waals surface area contributed by atoms with Crippen LogP contribution < -0.4 is 10.6 Å². The Bertz CT molecular complexity index is 315. The molecule has 0 unspecified atom stereocenters. The Morgan fingerprint density at radius 3 is 2.67 bits per heavy atom. The minimum absolute atomic E-state index is 0.427. The minimum atomic E-state index is 0.427. The Morgan fingerprint density at radius 1 is 1.08 bits per heavy atom. The number of rotatable bonds is 0. The van der Waals surface area contributed by atoms with E-state index in [0.29, 0.717) is 5.41 Å². The maximum atomic E-state index is 3.45. The maximum absolute atomic E-state index is 3.45. The van der Waals surface area contributed by atoms with Gasteiger partial charge in [0, 0.05) is 30.7 Å². The van der Waals surface area contributed by atoms with Crippen LogP contribution in [0, 0.1) is 0 Å². The van der Waals surface area contributed by atoms with Crippen molar-refractivity contribution in [2.75, 3.05) is 25.0 Å². The van der Waals surface area contributed by atoms with E-state index in [1.165, 1.54) is 11.3 Å². The van der Waals surface area contributed by atoms with Crippen LogP contribution in [0.3, 0.4) is 0 Å². The van der Waals surface area contributed by atoms with Crippen molar-refractivity contribution in [2.45, 2.75) is 5.41 Å². The smallest absolute Gasteiger partial charge is 0.0395 e. The number of hydrogen-bond acceptors (Lipinski definition) is 2. The highest BCUT2D eigenvalue weighted by Gasteiger charge is 2.43. The third-order valence-corrected chi connectivity index (χ3v) is 3.04. The molecular formula is C10H12N2. The molecule has 0 aromatic heterocycles. The van der Waals surface area contributed by atoms with Gasteiger partial charge < -0.3 is 10.6 Å². The first-order valence-corrected chi connectivity index (χ1v) is 4.45. The van der Waals surface area contributed by atoms with Gasteiger partial charge in [-0.05, 0) is 11.6 Å². The lowest BCUT2D eigenvalue weighted by molar-refractivity contribution is 0.305. The highest BCUT2D eigenvalue weighted by Crippen LogP contribution is 2.38. The number of benzene rings is 1. The summed E-state index contributed by atoms with van der Waals surface area (Å²) in [5.74, 6) is 0. The molecule has 2 aliphatic rings. The summed E-state index contributed by atoms with van der Waals surface area (Å²) >= 11 is 0. The third-order valence-electron chi connectivity index (χ3n) is 3.04. The van der Waals surface area contributed by atoms with Crippen LogP contribution in [0.1, 0.15) is 5.56 Å². The Morgan fingerprint density at radius 2 is 1.92 bits per heavy atom. The molecule has 0 aliphatic carbocycles. The Balaban J connectivity index is 2.13. The predicted octanol–water partition coefficient (Wildman–Crippen LogP) is 0.953. The van der Waals surface area contributed by atoms with Crippen molar-refractivity contribution in [3.05, 3.63) is 29.8 Å². The molecule has 2 nitrogen and oxygen atoms in total. The van der Waals surface area contributed by atoms with Gasteiger partial charge in [0.15, 0.2) is 0 Å². The highest BCUT2D eigenvalue weighted by atomic mass is 15.1. The molecule has 2 heterocycles. The van der Waals surface area contributed by atoms with Gasteiger partial charge in [0.1, 0.15) is 0 Å². The number of nitrogens with one attached hydrogen (secondary N) is 2. The molecule has 2 heteroatoms. The lowest BCUT2D eigenvalue weighted by Crippen LogP contribution is -2.58. The molecule has 0 atom stereocenters. The Labute approximate surface area is 72.0 Å². The van der Waals surface area contributed by atoms with Crippen LogP contribution >= 0.6 is 0 Å². The average molecular weight is 160 g/mol. The lowest BCUT2D eigenvalue weighted by Gasteiger charge is -2.39. The molecule has 0 bridgehead atoms. The van der Waals surface area contributed by atoms with Crippen LogP contribution in [0.4, 0.5) is 5.69 Å². The summed E-state index contributed by atoms with van der Waals surface area (Å²) in [7, 11) is 0. The number of anilines is 1. The molecule has 2 aliphatic heterocycles. The topological polar surface area (TPSA) is 24.1 Å². The first-order valence-electron chi connectivity index (χ1n) is 4.45. The van der Waals surface area contributed by atoms with E-state index in [1.54, 1.807) is 0 Å². The van der Waals surface area contributed by atoms with Crippen LogP contribution in [-0.2, 0) is 5.41 Å². The largest absolute Gasteiger partial charge is 0.384 e. The zero-order valence-corrected chi connectivity index (χ0v) is 6.93. The van der Waals surface area contributed by atoms with E-state index in [-0.39, 0.29) is 0 Å². The zero-order chi connectivity index (χ0) is 8.02.